The molecule has 1 amide bonds. The summed E-state index contributed by atoms with van der Waals surface area (Å²) in [7, 11) is 0. The van der Waals surface area contributed by atoms with Crippen molar-refractivity contribution in [3.8, 4) is 0 Å². The van der Waals surface area contributed by atoms with E-state index in [1.165, 1.54) is 24.1 Å². The fraction of sp³-hybridized carbons (Fsp3) is 0.474. The summed E-state index contributed by atoms with van der Waals surface area (Å²) in [5, 5.41) is 7.49. The first-order valence-corrected chi connectivity index (χ1v) is 8.97. The lowest BCUT2D eigenvalue weighted by Crippen LogP contribution is -2.37. The molecule has 0 spiro atoms. The second-order valence-electron chi connectivity index (χ2n) is 6.80. The third-order valence-electron chi connectivity index (χ3n) is 5.15. The molecule has 1 aliphatic heterocycles. The third kappa shape index (κ3) is 3.03. The highest BCUT2D eigenvalue weighted by molar-refractivity contribution is 5.93. The number of rotatable bonds is 4. The number of benzene rings is 1. The first kappa shape index (κ1) is 15.2. The van der Waals surface area contributed by atoms with E-state index in [1.54, 1.807) is 6.20 Å². The maximum Gasteiger partial charge on any atom is 0.245 e. The third-order valence-corrected chi connectivity index (χ3v) is 5.15. The molecule has 0 atom stereocenters. The molecule has 126 valence electrons. The molecule has 1 saturated carbocycles. The van der Waals surface area contributed by atoms with Gasteiger partial charge in [0.25, 0.3) is 0 Å². The second-order valence-corrected chi connectivity index (χ2v) is 6.80. The van der Waals surface area contributed by atoms with Crippen molar-refractivity contribution in [1.82, 2.24) is 9.78 Å². The van der Waals surface area contributed by atoms with Gasteiger partial charge in [0.2, 0.25) is 5.91 Å². The lowest BCUT2D eigenvalue weighted by molar-refractivity contribution is -0.115. The Labute approximate surface area is 142 Å². The van der Waals surface area contributed by atoms with Crippen molar-refractivity contribution in [2.24, 2.45) is 0 Å². The molecule has 5 heteroatoms. The fourth-order valence-corrected chi connectivity index (χ4v) is 3.98. The van der Waals surface area contributed by atoms with Crippen LogP contribution in [-0.4, -0.2) is 28.8 Å². The van der Waals surface area contributed by atoms with Gasteiger partial charge in [-0.3, -0.25) is 4.79 Å². The number of aromatic nitrogens is 2. The molecule has 1 N–H and O–H groups in total. The number of nitrogens with one attached hydrogen (secondary N) is 1. The van der Waals surface area contributed by atoms with E-state index in [1.807, 2.05) is 16.8 Å². The van der Waals surface area contributed by atoms with Crippen LogP contribution in [-0.2, 0) is 11.2 Å². The quantitative estimate of drug-likeness (QED) is 0.938. The Kier molecular flexibility index (Phi) is 4.24. The Morgan fingerprint density at radius 2 is 2.00 bits per heavy atom. The number of carbonyl (C=O) groups excluding carboxylic acids is 1. The van der Waals surface area contributed by atoms with Crippen LogP contribution in [0.5, 0.6) is 0 Å². The number of aryl methyl sites for hydroxylation is 1. The molecule has 0 bridgehead atoms. The Hall–Kier alpha value is -2.30. The summed E-state index contributed by atoms with van der Waals surface area (Å²) < 4.78 is 2.00. The lowest BCUT2D eigenvalue weighted by Gasteiger charge is -2.30. The predicted molar refractivity (Wildman–Crippen MR) is 95.3 cm³/mol. The Morgan fingerprint density at radius 1 is 1.17 bits per heavy atom. The minimum atomic E-state index is 0.0337. The summed E-state index contributed by atoms with van der Waals surface area (Å²) in [4.78, 5) is 14.7. The highest BCUT2D eigenvalue weighted by Crippen LogP contribution is 2.31. The molecule has 1 aromatic heterocycles. The number of carbonyl (C=O) groups is 1. The Balaban J connectivity index is 1.44. The number of hydrogen-bond acceptors (Lipinski definition) is 3. The van der Waals surface area contributed by atoms with Crippen LogP contribution >= 0.6 is 0 Å². The van der Waals surface area contributed by atoms with Crippen LogP contribution in [0, 0.1) is 0 Å². The van der Waals surface area contributed by atoms with Crippen LogP contribution in [0.4, 0.5) is 11.5 Å². The Bertz CT molecular complexity index is 718. The summed E-state index contributed by atoms with van der Waals surface area (Å²) >= 11 is 0. The van der Waals surface area contributed by atoms with Gasteiger partial charge in [-0.15, -0.1) is 0 Å². The highest BCUT2D eigenvalue weighted by Gasteiger charge is 2.22. The summed E-state index contributed by atoms with van der Waals surface area (Å²) in [6.07, 6.45) is 8.80. The Morgan fingerprint density at radius 3 is 2.88 bits per heavy atom. The van der Waals surface area contributed by atoms with E-state index in [2.05, 4.69) is 33.5 Å². The maximum absolute atomic E-state index is 12.6. The number of nitrogens with zero attached hydrogens (tertiary/aromatic N) is 3. The molecule has 0 unspecified atom stereocenters. The highest BCUT2D eigenvalue weighted by atomic mass is 16.2. The van der Waals surface area contributed by atoms with Gasteiger partial charge in [-0.25, -0.2) is 4.68 Å². The van der Waals surface area contributed by atoms with E-state index >= 15 is 0 Å². The smallest absolute Gasteiger partial charge is 0.245 e. The van der Waals surface area contributed by atoms with Gasteiger partial charge in [-0.2, -0.15) is 5.10 Å². The van der Waals surface area contributed by atoms with Crippen LogP contribution in [0.3, 0.4) is 0 Å². The zero-order valence-electron chi connectivity index (χ0n) is 13.9. The number of amides is 1. The van der Waals surface area contributed by atoms with Gasteiger partial charge in [0.05, 0.1) is 18.8 Å². The van der Waals surface area contributed by atoms with E-state index in [-0.39, 0.29) is 5.91 Å². The van der Waals surface area contributed by atoms with Gasteiger partial charge in [0.15, 0.2) is 0 Å². The van der Waals surface area contributed by atoms with Crippen LogP contribution in [0.1, 0.15) is 43.7 Å². The van der Waals surface area contributed by atoms with Crippen molar-refractivity contribution < 1.29 is 4.79 Å². The molecule has 2 heterocycles. The molecule has 2 aliphatic rings. The van der Waals surface area contributed by atoms with Crippen LogP contribution in [0.15, 0.2) is 36.5 Å². The zero-order chi connectivity index (χ0) is 16.4. The molecular weight excluding hydrogens is 300 g/mol. The summed E-state index contributed by atoms with van der Waals surface area (Å²) in [6, 6.07) is 10.7. The molecule has 24 heavy (non-hydrogen) atoms. The van der Waals surface area contributed by atoms with E-state index in [0.29, 0.717) is 12.6 Å². The van der Waals surface area contributed by atoms with E-state index < -0.39 is 0 Å². The van der Waals surface area contributed by atoms with E-state index in [0.717, 1.165) is 38.0 Å². The zero-order valence-corrected chi connectivity index (χ0v) is 13.9. The van der Waals surface area contributed by atoms with Gasteiger partial charge in [0.1, 0.15) is 5.82 Å². The van der Waals surface area contributed by atoms with Crippen molar-refractivity contribution in [3.63, 3.8) is 0 Å². The average Bonchev–Trinajstić information content (AvgIpc) is 3.26. The number of fused-ring (bicyclic) bond motifs is 1. The summed E-state index contributed by atoms with van der Waals surface area (Å²) in [5.74, 6) is 0.864. The van der Waals surface area contributed by atoms with Crippen molar-refractivity contribution in [3.05, 3.63) is 42.1 Å². The first-order chi connectivity index (χ1) is 11.8. The second kappa shape index (κ2) is 6.67. The van der Waals surface area contributed by atoms with E-state index in [9.17, 15) is 4.79 Å². The summed E-state index contributed by atoms with van der Waals surface area (Å²) in [5.41, 5.74) is 2.54. The number of hydrogen-bond donors (Lipinski definition) is 1. The van der Waals surface area contributed by atoms with Gasteiger partial charge in [-0.1, -0.05) is 31.0 Å². The molecule has 0 saturated heterocycles. The molecule has 4 rings (SSSR count). The topological polar surface area (TPSA) is 50.2 Å². The number of anilines is 2. The molecular formula is C19H24N4O. The lowest BCUT2D eigenvalue weighted by atomic mass is 10.0. The van der Waals surface area contributed by atoms with Gasteiger partial charge < -0.3 is 10.2 Å². The van der Waals surface area contributed by atoms with Crippen LogP contribution in [0.25, 0.3) is 0 Å². The van der Waals surface area contributed by atoms with Crippen molar-refractivity contribution in [2.45, 2.75) is 44.6 Å². The van der Waals surface area contributed by atoms with Crippen LogP contribution < -0.4 is 10.2 Å². The van der Waals surface area contributed by atoms with E-state index in [4.69, 9.17) is 0 Å². The monoisotopic (exact) mass is 324 g/mol. The molecule has 1 fully saturated rings. The van der Waals surface area contributed by atoms with Crippen molar-refractivity contribution in [1.29, 1.82) is 0 Å². The van der Waals surface area contributed by atoms with Crippen LogP contribution in [0.2, 0.25) is 0 Å². The average molecular weight is 324 g/mol. The van der Waals surface area contributed by atoms with Crippen molar-refractivity contribution in [2.75, 3.05) is 23.3 Å². The van der Waals surface area contributed by atoms with Gasteiger partial charge >= 0.3 is 0 Å². The molecule has 5 nitrogen and oxygen atoms in total. The molecule has 1 aromatic carbocycles. The minimum absolute atomic E-state index is 0.0337. The molecule has 0 radical (unpaired) electrons. The molecule has 2 aromatic rings. The predicted octanol–water partition coefficient (Wildman–Crippen LogP) is 3.39. The van der Waals surface area contributed by atoms with Gasteiger partial charge in [-0.05, 0) is 37.3 Å². The normalized spacial score (nSPS) is 17.8. The standard InChI is InChI=1S/C19H24N4O/c24-19(14-22-13-5-7-15-6-1-4-10-17(15)22)21-18-11-12-20-23(18)16-8-2-3-9-16/h1,4,6,10-12,16H,2-3,5,7-9,13-14H2,(H,21,24). The number of para-hydroxylation sites is 1. The minimum Gasteiger partial charge on any atom is -0.362 e. The largest absolute Gasteiger partial charge is 0.362 e. The SMILES string of the molecule is O=C(CN1CCCc2ccccc21)Nc1ccnn1C1CCCC1. The van der Waals surface area contributed by atoms with Crippen molar-refractivity contribution >= 4 is 17.4 Å². The first-order valence-electron chi connectivity index (χ1n) is 8.97. The summed E-state index contributed by atoms with van der Waals surface area (Å²) in [6.45, 7) is 1.33. The molecule has 1 aliphatic carbocycles. The maximum atomic E-state index is 12.6. The van der Waals surface area contributed by atoms with Gasteiger partial charge in [0, 0.05) is 18.3 Å². The fourth-order valence-electron chi connectivity index (χ4n) is 3.98.